The highest BCUT2D eigenvalue weighted by Gasteiger charge is 2.51. The number of nitrogens with zero attached hydrogens (tertiary/aromatic N) is 1. The van der Waals surface area contributed by atoms with Crippen molar-refractivity contribution in [3.8, 4) is 0 Å². The third-order valence-corrected chi connectivity index (χ3v) is 6.38. The first kappa shape index (κ1) is 13.6. The molecule has 4 aliphatic rings. The zero-order valence-electron chi connectivity index (χ0n) is 12.3. The molecule has 4 fully saturated rings. The average Bonchev–Trinajstić information content (AvgIpc) is 2.44. The molecule has 112 valence electrons. The Morgan fingerprint density at radius 3 is 2.43 bits per heavy atom. The molecule has 1 aromatic heterocycles. The van der Waals surface area contributed by atoms with E-state index in [-0.39, 0.29) is 11.4 Å². The first-order valence-electron chi connectivity index (χ1n) is 8.06. The summed E-state index contributed by atoms with van der Waals surface area (Å²) in [7, 11) is 0. The molecule has 4 saturated carbocycles. The van der Waals surface area contributed by atoms with Crippen LogP contribution in [0.15, 0.2) is 29.4 Å². The maximum atomic E-state index is 12.3. The zero-order valence-corrected chi connectivity index (χ0v) is 13.1. The van der Waals surface area contributed by atoms with Crippen LogP contribution in [0.1, 0.15) is 38.5 Å². The second-order valence-corrected chi connectivity index (χ2v) is 8.20. The van der Waals surface area contributed by atoms with E-state index < -0.39 is 0 Å². The van der Waals surface area contributed by atoms with Gasteiger partial charge in [0.25, 0.3) is 0 Å². The second-order valence-electron chi connectivity index (χ2n) is 7.20. The standard InChI is InChI=1S/C17H22N2OS/c20-15(11-21-16-3-1-2-4-18-16)19-17-8-12-5-13(9-17)7-14(6-12)10-17/h1-4,12-14H,5-11H2,(H,19,20). The predicted molar refractivity (Wildman–Crippen MR) is 84.0 cm³/mol. The summed E-state index contributed by atoms with van der Waals surface area (Å²) in [6.07, 6.45) is 9.68. The van der Waals surface area contributed by atoms with Crippen molar-refractivity contribution in [3.63, 3.8) is 0 Å². The van der Waals surface area contributed by atoms with Crippen molar-refractivity contribution in [2.75, 3.05) is 5.75 Å². The van der Waals surface area contributed by atoms with Crippen molar-refractivity contribution in [2.24, 2.45) is 17.8 Å². The minimum Gasteiger partial charge on any atom is -0.350 e. The Kier molecular flexibility index (Phi) is 3.44. The normalized spacial score (nSPS) is 36.7. The number of carbonyl (C=O) groups excluding carboxylic acids is 1. The van der Waals surface area contributed by atoms with E-state index in [0.29, 0.717) is 5.75 Å². The largest absolute Gasteiger partial charge is 0.350 e. The number of thioether (sulfide) groups is 1. The highest BCUT2D eigenvalue weighted by Crippen LogP contribution is 2.55. The molecule has 4 heteroatoms. The second kappa shape index (κ2) is 5.31. The SMILES string of the molecule is O=C(CSc1ccccn1)NC12CC3CC(CC(C3)C1)C2. The van der Waals surface area contributed by atoms with Crippen LogP contribution in [0.25, 0.3) is 0 Å². The van der Waals surface area contributed by atoms with E-state index >= 15 is 0 Å². The summed E-state index contributed by atoms with van der Waals surface area (Å²) in [4.78, 5) is 16.6. The third-order valence-electron chi connectivity index (χ3n) is 5.43. The molecular formula is C17H22N2OS. The highest BCUT2D eigenvalue weighted by molar-refractivity contribution is 7.99. The Morgan fingerprint density at radius 1 is 1.19 bits per heavy atom. The molecule has 0 unspecified atom stereocenters. The van der Waals surface area contributed by atoms with Gasteiger partial charge in [0.15, 0.2) is 0 Å². The van der Waals surface area contributed by atoms with Gasteiger partial charge in [0, 0.05) is 11.7 Å². The van der Waals surface area contributed by atoms with Crippen LogP contribution < -0.4 is 5.32 Å². The van der Waals surface area contributed by atoms with Crippen LogP contribution in [0, 0.1) is 17.8 Å². The zero-order chi connectivity index (χ0) is 14.3. The molecule has 0 saturated heterocycles. The summed E-state index contributed by atoms with van der Waals surface area (Å²) < 4.78 is 0. The summed E-state index contributed by atoms with van der Waals surface area (Å²) in [6.45, 7) is 0. The smallest absolute Gasteiger partial charge is 0.230 e. The molecule has 0 spiro atoms. The molecule has 4 aliphatic carbocycles. The number of rotatable bonds is 4. The number of hydrogen-bond donors (Lipinski definition) is 1. The van der Waals surface area contributed by atoms with Crippen LogP contribution in [-0.4, -0.2) is 22.2 Å². The van der Waals surface area contributed by atoms with Gasteiger partial charge in [-0.3, -0.25) is 4.79 Å². The first-order valence-corrected chi connectivity index (χ1v) is 9.04. The minimum absolute atomic E-state index is 0.135. The minimum atomic E-state index is 0.135. The van der Waals surface area contributed by atoms with Gasteiger partial charge in [0.05, 0.1) is 10.8 Å². The molecule has 0 atom stereocenters. The molecule has 1 aromatic rings. The van der Waals surface area contributed by atoms with Crippen LogP contribution in [0.3, 0.4) is 0 Å². The molecule has 1 N–H and O–H groups in total. The number of amides is 1. The van der Waals surface area contributed by atoms with Crippen molar-refractivity contribution in [2.45, 2.75) is 49.1 Å². The molecule has 3 nitrogen and oxygen atoms in total. The Bertz CT molecular complexity index is 496. The molecule has 5 rings (SSSR count). The third kappa shape index (κ3) is 2.83. The van der Waals surface area contributed by atoms with Crippen LogP contribution in [0.2, 0.25) is 0 Å². The fraction of sp³-hybridized carbons (Fsp3) is 0.647. The summed E-state index contributed by atoms with van der Waals surface area (Å²) in [5.74, 6) is 3.30. The van der Waals surface area contributed by atoms with Crippen LogP contribution in [0.5, 0.6) is 0 Å². The van der Waals surface area contributed by atoms with E-state index in [1.54, 1.807) is 6.20 Å². The van der Waals surface area contributed by atoms with Gasteiger partial charge in [-0.05, 0) is 68.4 Å². The van der Waals surface area contributed by atoms with Crippen LogP contribution in [0.4, 0.5) is 0 Å². The fourth-order valence-corrected chi connectivity index (χ4v) is 5.83. The summed E-state index contributed by atoms with van der Waals surface area (Å²) in [5, 5.41) is 4.34. The van der Waals surface area contributed by atoms with Crippen molar-refractivity contribution in [1.29, 1.82) is 0 Å². The molecule has 21 heavy (non-hydrogen) atoms. The number of aromatic nitrogens is 1. The van der Waals surface area contributed by atoms with E-state index in [1.807, 2.05) is 18.2 Å². The van der Waals surface area contributed by atoms with Crippen molar-refractivity contribution < 1.29 is 4.79 Å². The fourth-order valence-electron chi connectivity index (χ4n) is 5.17. The Balaban J connectivity index is 1.36. The Hall–Kier alpha value is -1.03. The van der Waals surface area contributed by atoms with Gasteiger partial charge in [-0.15, -0.1) is 0 Å². The number of carbonyl (C=O) groups is 1. The average molecular weight is 302 g/mol. The van der Waals surface area contributed by atoms with E-state index in [4.69, 9.17) is 0 Å². The monoisotopic (exact) mass is 302 g/mol. The van der Waals surface area contributed by atoms with Gasteiger partial charge >= 0.3 is 0 Å². The van der Waals surface area contributed by atoms with E-state index in [0.717, 1.165) is 22.8 Å². The van der Waals surface area contributed by atoms with E-state index in [9.17, 15) is 4.79 Å². The van der Waals surface area contributed by atoms with Gasteiger partial charge in [-0.1, -0.05) is 17.8 Å². The highest BCUT2D eigenvalue weighted by atomic mass is 32.2. The van der Waals surface area contributed by atoms with Crippen molar-refractivity contribution in [3.05, 3.63) is 24.4 Å². The molecule has 1 heterocycles. The topological polar surface area (TPSA) is 42.0 Å². The number of pyridine rings is 1. The molecule has 0 aromatic carbocycles. The summed E-state index contributed by atoms with van der Waals surface area (Å²) in [5.41, 5.74) is 0.135. The van der Waals surface area contributed by atoms with E-state index in [2.05, 4.69) is 10.3 Å². The number of nitrogens with one attached hydrogen (secondary N) is 1. The molecular weight excluding hydrogens is 280 g/mol. The molecule has 0 radical (unpaired) electrons. The van der Waals surface area contributed by atoms with Gasteiger partial charge in [-0.25, -0.2) is 4.98 Å². The lowest BCUT2D eigenvalue weighted by Crippen LogP contribution is -2.60. The number of hydrogen-bond acceptors (Lipinski definition) is 3. The molecule has 4 bridgehead atoms. The lowest BCUT2D eigenvalue weighted by Gasteiger charge is -2.56. The summed E-state index contributed by atoms with van der Waals surface area (Å²) in [6, 6.07) is 5.83. The maximum Gasteiger partial charge on any atom is 0.230 e. The Labute approximate surface area is 130 Å². The van der Waals surface area contributed by atoms with Crippen molar-refractivity contribution >= 4 is 17.7 Å². The van der Waals surface area contributed by atoms with Crippen molar-refractivity contribution in [1.82, 2.24) is 10.3 Å². The lowest BCUT2D eigenvalue weighted by atomic mass is 9.53. The van der Waals surface area contributed by atoms with Gasteiger partial charge in [0.2, 0.25) is 5.91 Å². The first-order chi connectivity index (χ1) is 10.2. The van der Waals surface area contributed by atoms with E-state index in [1.165, 1.54) is 50.3 Å². The lowest BCUT2D eigenvalue weighted by molar-refractivity contribution is -0.124. The molecule has 0 aliphatic heterocycles. The molecule has 1 amide bonds. The quantitative estimate of drug-likeness (QED) is 0.868. The van der Waals surface area contributed by atoms with Gasteiger partial charge < -0.3 is 5.32 Å². The Morgan fingerprint density at radius 2 is 1.86 bits per heavy atom. The van der Waals surface area contributed by atoms with Gasteiger partial charge in [0.1, 0.15) is 0 Å². The van der Waals surface area contributed by atoms with Crippen LogP contribution >= 0.6 is 11.8 Å². The summed E-state index contributed by atoms with van der Waals surface area (Å²) >= 11 is 1.53. The maximum absolute atomic E-state index is 12.3. The van der Waals surface area contributed by atoms with Gasteiger partial charge in [-0.2, -0.15) is 0 Å². The van der Waals surface area contributed by atoms with Crippen LogP contribution in [-0.2, 0) is 4.79 Å². The predicted octanol–water partition coefficient (Wildman–Crippen LogP) is 3.26.